The fraction of sp³-hybridized carbons (Fsp3) is 0.125. The minimum absolute atomic E-state index is 0.205. The third-order valence-corrected chi connectivity index (χ3v) is 4.11. The van der Waals surface area contributed by atoms with Gasteiger partial charge in [0.1, 0.15) is 0 Å². The lowest BCUT2D eigenvalue weighted by Gasteiger charge is -2.14. The fourth-order valence-electron chi connectivity index (χ4n) is 1.67. The van der Waals surface area contributed by atoms with Gasteiger partial charge in [0.05, 0.1) is 17.8 Å². The highest BCUT2D eigenvalue weighted by molar-refractivity contribution is 7.88. The highest BCUT2D eigenvalue weighted by atomic mass is 35.5. The number of hydrogen-bond donors (Lipinski definition) is 0. The average Bonchev–Trinajstić information content (AvgIpc) is 2.45. The zero-order chi connectivity index (χ0) is 15.3. The van der Waals surface area contributed by atoms with E-state index in [1.54, 1.807) is 24.3 Å². The van der Waals surface area contributed by atoms with Crippen LogP contribution in [0.25, 0.3) is 0 Å². The molecular weight excluding hydrogens is 306 g/mol. The molecule has 0 aliphatic carbocycles. The molecule has 0 aliphatic heterocycles. The van der Waals surface area contributed by atoms with Crippen molar-refractivity contribution in [1.82, 2.24) is 4.31 Å². The molecule has 0 saturated carbocycles. The van der Waals surface area contributed by atoms with Crippen LogP contribution in [0.2, 0.25) is 5.02 Å². The molecule has 0 spiro atoms. The Morgan fingerprint density at radius 3 is 2.29 bits per heavy atom. The van der Waals surface area contributed by atoms with E-state index >= 15 is 0 Å². The zero-order valence-electron chi connectivity index (χ0n) is 11.5. The van der Waals surface area contributed by atoms with Crippen LogP contribution in [0.5, 0.6) is 0 Å². The average molecular weight is 320 g/mol. The molecule has 0 heterocycles. The normalized spacial score (nSPS) is 10.6. The van der Waals surface area contributed by atoms with E-state index < -0.39 is 10.0 Å². The van der Waals surface area contributed by atoms with Crippen LogP contribution in [0.15, 0.2) is 54.6 Å². The van der Waals surface area contributed by atoms with Crippen molar-refractivity contribution in [2.24, 2.45) is 0 Å². The van der Waals surface area contributed by atoms with Crippen LogP contribution in [0, 0.1) is 12.0 Å². The summed E-state index contributed by atoms with van der Waals surface area (Å²) >= 11 is 6.01. The molecule has 108 valence electrons. The molecule has 2 aromatic carbocycles. The quantitative estimate of drug-likeness (QED) is 0.644. The van der Waals surface area contributed by atoms with E-state index in [-0.39, 0.29) is 6.54 Å². The Morgan fingerprint density at radius 1 is 1.05 bits per heavy atom. The summed E-state index contributed by atoms with van der Waals surface area (Å²) in [4.78, 5) is 0. The Morgan fingerprint density at radius 2 is 1.67 bits per heavy atom. The van der Waals surface area contributed by atoms with Crippen molar-refractivity contribution >= 4 is 21.6 Å². The van der Waals surface area contributed by atoms with Gasteiger partial charge in [0.2, 0.25) is 10.0 Å². The molecule has 0 N–H and O–H groups in total. The Labute approximate surface area is 130 Å². The number of hydrogen-bond acceptors (Lipinski definition) is 2. The van der Waals surface area contributed by atoms with E-state index in [2.05, 4.69) is 12.0 Å². The van der Waals surface area contributed by atoms with Gasteiger partial charge < -0.3 is 0 Å². The summed E-state index contributed by atoms with van der Waals surface area (Å²) in [7, 11) is -3.43. The van der Waals surface area contributed by atoms with Crippen LogP contribution in [-0.4, -0.2) is 19.0 Å². The molecule has 3 nitrogen and oxygen atoms in total. The van der Waals surface area contributed by atoms with Gasteiger partial charge in [0.25, 0.3) is 0 Å². The molecule has 0 saturated heterocycles. The smallest absolute Gasteiger partial charge is 0.224 e. The third kappa shape index (κ3) is 4.52. The van der Waals surface area contributed by atoms with E-state index in [9.17, 15) is 8.42 Å². The number of nitrogens with zero attached hydrogens (tertiary/aromatic N) is 1. The van der Waals surface area contributed by atoms with Crippen LogP contribution in [0.1, 0.15) is 11.1 Å². The van der Waals surface area contributed by atoms with E-state index in [1.807, 2.05) is 30.3 Å². The maximum absolute atomic E-state index is 11.8. The lowest BCUT2D eigenvalue weighted by molar-refractivity contribution is 0.515. The number of sulfonamides is 1. The van der Waals surface area contributed by atoms with Crippen molar-refractivity contribution < 1.29 is 8.42 Å². The monoisotopic (exact) mass is 319 g/mol. The van der Waals surface area contributed by atoms with Crippen LogP contribution in [0.3, 0.4) is 0 Å². The molecule has 0 amide bonds. The molecule has 2 rings (SSSR count). The van der Waals surface area contributed by atoms with Gasteiger partial charge in [0, 0.05) is 11.6 Å². The van der Waals surface area contributed by atoms with Crippen molar-refractivity contribution in [1.29, 1.82) is 0 Å². The molecular formula is C16H14ClNO2S. The summed E-state index contributed by atoms with van der Waals surface area (Å²) in [5.74, 6) is 2.80. The SMILES string of the molecule is CS(=O)(=O)N(C#Cc1ccccc1Cl)Cc1ccccc1. The van der Waals surface area contributed by atoms with Gasteiger partial charge in [-0.25, -0.2) is 12.7 Å². The zero-order valence-corrected chi connectivity index (χ0v) is 13.0. The minimum atomic E-state index is -3.43. The second kappa shape index (κ2) is 6.66. The standard InChI is InChI=1S/C16H14ClNO2S/c1-21(19,20)18(13-14-7-3-2-4-8-14)12-11-15-9-5-6-10-16(15)17/h2-10H,13H2,1H3. The second-order valence-corrected chi connectivity index (χ2v) is 6.79. The summed E-state index contributed by atoms with van der Waals surface area (Å²) < 4.78 is 24.8. The Bertz CT molecular complexity index is 777. The van der Waals surface area contributed by atoms with Crippen LogP contribution in [-0.2, 0) is 16.6 Å². The maximum atomic E-state index is 11.8. The minimum Gasteiger partial charge on any atom is -0.224 e. The molecule has 2 aromatic rings. The number of rotatable bonds is 3. The molecule has 0 aromatic heterocycles. The van der Waals surface area contributed by atoms with Gasteiger partial charge >= 0.3 is 0 Å². The van der Waals surface area contributed by atoms with E-state index in [0.717, 1.165) is 16.1 Å². The fourth-order valence-corrected chi connectivity index (χ4v) is 2.45. The van der Waals surface area contributed by atoms with Crippen molar-refractivity contribution in [2.75, 3.05) is 6.26 Å². The third-order valence-electron chi connectivity index (χ3n) is 2.76. The summed E-state index contributed by atoms with van der Waals surface area (Å²) in [5, 5.41) is 0.498. The van der Waals surface area contributed by atoms with Crippen molar-refractivity contribution in [3.63, 3.8) is 0 Å². The molecule has 0 aliphatic rings. The first-order valence-corrected chi connectivity index (χ1v) is 8.47. The predicted molar refractivity (Wildman–Crippen MR) is 85.2 cm³/mol. The Balaban J connectivity index is 2.29. The highest BCUT2D eigenvalue weighted by Gasteiger charge is 2.13. The number of benzene rings is 2. The first kappa shape index (κ1) is 15.4. The molecule has 0 bridgehead atoms. The van der Waals surface area contributed by atoms with Crippen LogP contribution in [0.4, 0.5) is 0 Å². The van der Waals surface area contributed by atoms with E-state index in [4.69, 9.17) is 11.6 Å². The van der Waals surface area contributed by atoms with E-state index in [1.165, 1.54) is 0 Å². The Kier molecular flexibility index (Phi) is 4.89. The molecule has 0 unspecified atom stereocenters. The van der Waals surface area contributed by atoms with Gasteiger partial charge in [-0.3, -0.25) is 0 Å². The summed E-state index contributed by atoms with van der Waals surface area (Å²) in [6.45, 7) is 0.205. The van der Waals surface area contributed by atoms with Crippen molar-refractivity contribution in [3.05, 3.63) is 70.7 Å². The lowest BCUT2D eigenvalue weighted by Crippen LogP contribution is -2.24. The topological polar surface area (TPSA) is 37.4 Å². The van der Waals surface area contributed by atoms with Gasteiger partial charge in [-0.1, -0.05) is 54.1 Å². The first-order valence-electron chi connectivity index (χ1n) is 6.24. The predicted octanol–water partition coefficient (Wildman–Crippen LogP) is 3.11. The first-order chi connectivity index (χ1) is 9.97. The van der Waals surface area contributed by atoms with Gasteiger partial charge in [-0.2, -0.15) is 0 Å². The molecule has 5 heteroatoms. The van der Waals surface area contributed by atoms with Crippen molar-refractivity contribution in [3.8, 4) is 12.0 Å². The highest BCUT2D eigenvalue weighted by Crippen LogP contribution is 2.14. The van der Waals surface area contributed by atoms with Gasteiger partial charge in [0.15, 0.2) is 0 Å². The molecule has 0 radical (unpaired) electrons. The summed E-state index contributed by atoms with van der Waals surface area (Å²) in [6.07, 6.45) is 1.14. The largest absolute Gasteiger partial charge is 0.239 e. The molecule has 0 fully saturated rings. The van der Waals surface area contributed by atoms with E-state index in [0.29, 0.717) is 10.6 Å². The number of halogens is 1. The maximum Gasteiger partial charge on any atom is 0.239 e. The Hall–Kier alpha value is -1.96. The van der Waals surface area contributed by atoms with Crippen molar-refractivity contribution in [2.45, 2.75) is 6.54 Å². The van der Waals surface area contributed by atoms with Gasteiger partial charge in [-0.05, 0) is 23.6 Å². The van der Waals surface area contributed by atoms with Gasteiger partial charge in [-0.15, -0.1) is 0 Å². The summed E-state index contributed by atoms with van der Waals surface area (Å²) in [5.41, 5.74) is 1.47. The lowest BCUT2D eigenvalue weighted by atomic mass is 10.2. The second-order valence-electron chi connectivity index (χ2n) is 4.47. The van der Waals surface area contributed by atoms with Crippen LogP contribution < -0.4 is 0 Å². The summed E-state index contributed by atoms with van der Waals surface area (Å²) in [6, 6.07) is 19.0. The molecule has 0 atom stereocenters. The van der Waals surface area contributed by atoms with Crippen LogP contribution >= 0.6 is 11.6 Å². The molecule has 21 heavy (non-hydrogen) atoms.